The topological polar surface area (TPSA) is 38.7 Å². The summed E-state index contributed by atoms with van der Waals surface area (Å²) in [5.41, 5.74) is 0.883. The van der Waals surface area contributed by atoms with E-state index >= 15 is 0 Å². The van der Waals surface area contributed by atoms with Crippen molar-refractivity contribution in [2.45, 2.75) is 64.1 Å². The highest BCUT2D eigenvalue weighted by molar-refractivity contribution is 5.28. The summed E-state index contributed by atoms with van der Waals surface area (Å²) in [6, 6.07) is 7.54. The lowest BCUT2D eigenvalue weighted by atomic mass is 9.99. The molecular formula is C18H30O3. The lowest BCUT2D eigenvalue weighted by Crippen LogP contribution is -2.20. The van der Waals surface area contributed by atoms with Crippen LogP contribution in [0.25, 0.3) is 0 Å². The zero-order valence-electron chi connectivity index (χ0n) is 13.7. The summed E-state index contributed by atoms with van der Waals surface area (Å²) in [7, 11) is 3.32. The van der Waals surface area contributed by atoms with E-state index in [9.17, 15) is 5.11 Å². The second-order valence-corrected chi connectivity index (χ2v) is 5.55. The van der Waals surface area contributed by atoms with Gasteiger partial charge in [0.15, 0.2) is 0 Å². The van der Waals surface area contributed by atoms with E-state index in [0.717, 1.165) is 24.2 Å². The number of aliphatic hydroxyl groups is 1. The molecule has 0 aliphatic heterocycles. The van der Waals surface area contributed by atoms with Gasteiger partial charge in [0.1, 0.15) is 11.9 Å². The molecular weight excluding hydrogens is 264 g/mol. The van der Waals surface area contributed by atoms with Crippen molar-refractivity contribution >= 4 is 0 Å². The largest absolute Gasteiger partial charge is 0.497 e. The van der Waals surface area contributed by atoms with E-state index in [0.29, 0.717) is 0 Å². The van der Waals surface area contributed by atoms with Gasteiger partial charge < -0.3 is 14.6 Å². The maximum atomic E-state index is 10.4. The third-order valence-electron chi connectivity index (χ3n) is 3.95. The van der Waals surface area contributed by atoms with Gasteiger partial charge in [-0.1, -0.05) is 57.6 Å². The fourth-order valence-electron chi connectivity index (χ4n) is 2.55. The molecule has 0 bridgehead atoms. The van der Waals surface area contributed by atoms with Crippen LogP contribution in [0.5, 0.6) is 5.75 Å². The molecule has 1 rings (SSSR count). The van der Waals surface area contributed by atoms with Crippen LogP contribution < -0.4 is 4.74 Å². The number of methoxy groups -OCH3 is 2. The van der Waals surface area contributed by atoms with Crippen LogP contribution >= 0.6 is 0 Å². The van der Waals surface area contributed by atoms with Crippen LogP contribution in [0.2, 0.25) is 0 Å². The van der Waals surface area contributed by atoms with Gasteiger partial charge in [-0.2, -0.15) is 0 Å². The van der Waals surface area contributed by atoms with E-state index in [-0.39, 0.29) is 6.10 Å². The first-order valence-corrected chi connectivity index (χ1v) is 8.07. The zero-order chi connectivity index (χ0) is 15.5. The minimum atomic E-state index is -0.573. The predicted octanol–water partition coefficient (Wildman–Crippen LogP) is 4.49. The van der Waals surface area contributed by atoms with E-state index in [4.69, 9.17) is 9.47 Å². The maximum absolute atomic E-state index is 10.4. The fourth-order valence-corrected chi connectivity index (χ4v) is 2.55. The maximum Gasteiger partial charge on any atom is 0.118 e. The molecule has 120 valence electrons. The van der Waals surface area contributed by atoms with Crippen molar-refractivity contribution < 1.29 is 14.6 Å². The van der Waals surface area contributed by atoms with E-state index in [1.807, 2.05) is 24.3 Å². The monoisotopic (exact) mass is 294 g/mol. The molecule has 0 spiro atoms. The highest BCUT2D eigenvalue weighted by Crippen LogP contribution is 2.25. The molecule has 0 aliphatic rings. The second-order valence-electron chi connectivity index (χ2n) is 5.55. The third kappa shape index (κ3) is 6.49. The van der Waals surface area contributed by atoms with Crippen molar-refractivity contribution in [3.05, 3.63) is 29.8 Å². The third-order valence-corrected chi connectivity index (χ3v) is 3.95. The first-order valence-electron chi connectivity index (χ1n) is 8.07. The highest BCUT2D eigenvalue weighted by atomic mass is 16.5. The summed E-state index contributed by atoms with van der Waals surface area (Å²) in [4.78, 5) is 0. The number of benzene rings is 1. The number of hydrogen-bond donors (Lipinski definition) is 1. The molecule has 0 saturated carbocycles. The SMILES string of the molecule is CCCCCCCCC(OC)C(O)c1ccc(OC)cc1. The van der Waals surface area contributed by atoms with Crippen LogP contribution in [0.4, 0.5) is 0 Å². The summed E-state index contributed by atoms with van der Waals surface area (Å²) < 4.78 is 10.6. The Balaban J connectivity index is 2.39. The Bertz CT molecular complexity index is 361. The number of ether oxygens (including phenoxy) is 2. The molecule has 3 heteroatoms. The summed E-state index contributed by atoms with van der Waals surface area (Å²) >= 11 is 0. The van der Waals surface area contributed by atoms with Crippen molar-refractivity contribution in [3.8, 4) is 5.75 Å². The molecule has 0 aliphatic carbocycles. The van der Waals surface area contributed by atoms with Gasteiger partial charge in [0, 0.05) is 7.11 Å². The molecule has 0 fully saturated rings. The molecule has 0 amide bonds. The van der Waals surface area contributed by atoms with Gasteiger partial charge in [0.25, 0.3) is 0 Å². The normalized spacial score (nSPS) is 13.9. The van der Waals surface area contributed by atoms with Gasteiger partial charge in [-0.25, -0.2) is 0 Å². The Morgan fingerprint density at radius 3 is 2.14 bits per heavy atom. The minimum absolute atomic E-state index is 0.135. The van der Waals surface area contributed by atoms with Crippen molar-refractivity contribution in [2.24, 2.45) is 0 Å². The van der Waals surface area contributed by atoms with Crippen molar-refractivity contribution in [1.82, 2.24) is 0 Å². The molecule has 2 atom stereocenters. The summed E-state index contributed by atoms with van der Waals surface area (Å²) in [6.07, 6.45) is 7.71. The van der Waals surface area contributed by atoms with Gasteiger partial charge in [-0.15, -0.1) is 0 Å². The van der Waals surface area contributed by atoms with Crippen LogP contribution in [0.15, 0.2) is 24.3 Å². The molecule has 21 heavy (non-hydrogen) atoms. The number of rotatable bonds is 11. The molecule has 1 N–H and O–H groups in total. The summed E-state index contributed by atoms with van der Waals surface area (Å²) in [5.74, 6) is 0.802. The van der Waals surface area contributed by atoms with E-state index < -0.39 is 6.10 Å². The molecule has 0 heterocycles. The molecule has 0 radical (unpaired) electrons. The van der Waals surface area contributed by atoms with Crippen molar-refractivity contribution in [1.29, 1.82) is 0 Å². The number of unbranched alkanes of at least 4 members (excludes halogenated alkanes) is 5. The highest BCUT2D eigenvalue weighted by Gasteiger charge is 2.20. The van der Waals surface area contributed by atoms with Crippen LogP contribution in [0.1, 0.15) is 63.5 Å². The van der Waals surface area contributed by atoms with Crippen molar-refractivity contribution in [3.63, 3.8) is 0 Å². The first-order chi connectivity index (χ1) is 10.2. The summed E-state index contributed by atoms with van der Waals surface area (Å²) in [6.45, 7) is 2.23. The summed E-state index contributed by atoms with van der Waals surface area (Å²) in [5, 5.41) is 10.4. The first kappa shape index (κ1) is 18.0. The van der Waals surface area contributed by atoms with E-state index in [1.54, 1.807) is 14.2 Å². The fraction of sp³-hybridized carbons (Fsp3) is 0.667. The average molecular weight is 294 g/mol. The van der Waals surface area contributed by atoms with Gasteiger partial charge in [-0.3, -0.25) is 0 Å². The second kappa shape index (κ2) is 10.6. The quantitative estimate of drug-likeness (QED) is 0.611. The molecule has 3 nitrogen and oxygen atoms in total. The van der Waals surface area contributed by atoms with Gasteiger partial charge >= 0.3 is 0 Å². The Morgan fingerprint density at radius 2 is 1.57 bits per heavy atom. The van der Waals surface area contributed by atoms with Crippen molar-refractivity contribution in [2.75, 3.05) is 14.2 Å². The molecule has 1 aromatic rings. The van der Waals surface area contributed by atoms with Crippen LogP contribution in [-0.2, 0) is 4.74 Å². The Labute approximate surface area is 129 Å². The lowest BCUT2D eigenvalue weighted by Gasteiger charge is -2.22. The molecule has 0 aromatic heterocycles. The van der Waals surface area contributed by atoms with Gasteiger partial charge in [-0.05, 0) is 24.1 Å². The van der Waals surface area contributed by atoms with Gasteiger partial charge in [0.2, 0.25) is 0 Å². The van der Waals surface area contributed by atoms with E-state index in [2.05, 4.69) is 6.92 Å². The average Bonchev–Trinajstić information content (AvgIpc) is 2.54. The van der Waals surface area contributed by atoms with Crippen LogP contribution in [0, 0.1) is 0 Å². The standard InChI is InChI=1S/C18H30O3/c1-4-5-6-7-8-9-10-17(21-3)18(19)15-11-13-16(20-2)14-12-15/h11-14,17-19H,4-10H2,1-3H3. The molecule has 2 unspecified atom stereocenters. The van der Waals surface area contributed by atoms with E-state index in [1.165, 1.54) is 32.1 Å². The Hall–Kier alpha value is -1.06. The predicted molar refractivity (Wildman–Crippen MR) is 86.7 cm³/mol. The Morgan fingerprint density at radius 1 is 0.952 bits per heavy atom. The minimum Gasteiger partial charge on any atom is -0.497 e. The smallest absolute Gasteiger partial charge is 0.118 e. The molecule has 0 saturated heterocycles. The molecule has 1 aromatic carbocycles. The van der Waals surface area contributed by atoms with Gasteiger partial charge in [0.05, 0.1) is 13.2 Å². The van der Waals surface area contributed by atoms with Crippen LogP contribution in [0.3, 0.4) is 0 Å². The number of aliphatic hydroxyl groups excluding tert-OH is 1. The van der Waals surface area contributed by atoms with Crippen LogP contribution in [-0.4, -0.2) is 25.4 Å². The zero-order valence-corrected chi connectivity index (χ0v) is 13.7. The Kier molecular flexibility index (Phi) is 9.11. The lowest BCUT2D eigenvalue weighted by molar-refractivity contribution is -0.0189. The number of hydrogen-bond acceptors (Lipinski definition) is 3.